The van der Waals surface area contributed by atoms with E-state index in [1.165, 1.54) is 0 Å². The number of aliphatic hydroxyl groups is 1. The Morgan fingerprint density at radius 2 is 1.76 bits per heavy atom. The predicted molar refractivity (Wildman–Crippen MR) is 113 cm³/mol. The summed E-state index contributed by atoms with van der Waals surface area (Å²) >= 11 is 6.28. The number of carboxylic acids is 1. The van der Waals surface area contributed by atoms with Gasteiger partial charge in [-0.05, 0) is 39.0 Å². The van der Waals surface area contributed by atoms with Gasteiger partial charge in [0.1, 0.15) is 0 Å². The molecule has 1 aromatic heterocycles. The average Bonchev–Trinajstić information content (AvgIpc) is 2.91. The first-order chi connectivity index (χ1) is 13.6. The van der Waals surface area contributed by atoms with Crippen LogP contribution in [-0.4, -0.2) is 31.4 Å². The molecule has 1 aliphatic rings. The summed E-state index contributed by atoms with van der Waals surface area (Å²) in [7, 11) is 0. The summed E-state index contributed by atoms with van der Waals surface area (Å²) in [6.07, 6.45) is 0. The molecule has 1 unspecified atom stereocenters. The van der Waals surface area contributed by atoms with Crippen LogP contribution < -0.4 is 0 Å². The van der Waals surface area contributed by atoms with Crippen LogP contribution in [-0.2, 0) is 10.5 Å². The summed E-state index contributed by atoms with van der Waals surface area (Å²) in [6, 6.07) is 15.5. The number of nitrogens with zero attached hydrogens (tertiary/aromatic N) is 3. The third kappa shape index (κ3) is 4.09. The minimum atomic E-state index is -1.45. The SMILES string of the molecule is CC(=O)O.Cc1nc2n(c1C)-c1ccc(Cl)cc1C(c1ccccc1)=NC2(C)O. The normalized spacial score (nSPS) is 17.2. The molecule has 0 radical (unpaired) electrons. The fourth-order valence-electron chi connectivity index (χ4n) is 3.26. The zero-order chi connectivity index (χ0) is 21.3. The van der Waals surface area contributed by atoms with Gasteiger partial charge in [-0.3, -0.25) is 9.36 Å². The van der Waals surface area contributed by atoms with Gasteiger partial charge in [-0.25, -0.2) is 9.98 Å². The Morgan fingerprint density at radius 1 is 1.14 bits per heavy atom. The Morgan fingerprint density at radius 3 is 2.38 bits per heavy atom. The third-order valence-corrected chi connectivity index (χ3v) is 4.83. The maximum Gasteiger partial charge on any atom is 0.300 e. The van der Waals surface area contributed by atoms with Crippen molar-refractivity contribution in [3.8, 4) is 5.69 Å². The van der Waals surface area contributed by atoms with Gasteiger partial charge >= 0.3 is 0 Å². The Labute approximate surface area is 174 Å². The molecule has 0 amide bonds. The molecular formula is C22H22ClN3O3. The molecule has 1 aliphatic heterocycles. The van der Waals surface area contributed by atoms with Gasteiger partial charge in [0.25, 0.3) is 5.97 Å². The molecule has 2 aromatic carbocycles. The van der Waals surface area contributed by atoms with Gasteiger partial charge < -0.3 is 10.2 Å². The molecule has 1 atom stereocenters. The topological polar surface area (TPSA) is 87.7 Å². The van der Waals surface area contributed by atoms with E-state index in [1.54, 1.807) is 6.92 Å². The van der Waals surface area contributed by atoms with Gasteiger partial charge in [0, 0.05) is 28.8 Å². The maximum atomic E-state index is 11.1. The summed E-state index contributed by atoms with van der Waals surface area (Å²) in [5.41, 5.74) is 3.81. The van der Waals surface area contributed by atoms with E-state index in [0.29, 0.717) is 16.6 Å². The summed E-state index contributed by atoms with van der Waals surface area (Å²) in [4.78, 5) is 18.3. The number of rotatable bonds is 1. The molecular weight excluding hydrogens is 390 g/mol. The first-order valence-corrected chi connectivity index (χ1v) is 9.43. The monoisotopic (exact) mass is 411 g/mol. The molecule has 7 heteroatoms. The van der Waals surface area contributed by atoms with Crippen LogP contribution in [0, 0.1) is 13.8 Å². The number of aliphatic carboxylic acids is 1. The quantitative estimate of drug-likeness (QED) is 0.626. The molecule has 29 heavy (non-hydrogen) atoms. The number of benzene rings is 2. The summed E-state index contributed by atoms with van der Waals surface area (Å²) in [6.45, 7) is 6.68. The van der Waals surface area contributed by atoms with Crippen molar-refractivity contribution >= 4 is 23.3 Å². The van der Waals surface area contributed by atoms with E-state index in [1.807, 2.05) is 66.9 Å². The molecule has 0 fully saturated rings. The molecule has 4 rings (SSSR count). The van der Waals surface area contributed by atoms with E-state index >= 15 is 0 Å². The van der Waals surface area contributed by atoms with E-state index in [9.17, 15) is 5.11 Å². The zero-order valence-electron chi connectivity index (χ0n) is 16.6. The lowest BCUT2D eigenvalue weighted by molar-refractivity contribution is -0.134. The summed E-state index contributed by atoms with van der Waals surface area (Å²) in [5, 5.41) is 19.2. The number of halogens is 1. The average molecular weight is 412 g/mol. The van der Waals surface area contributed by atoms with Crippen LogP contribution >= 0.6 is 11.6 Å². The molecule has 2 N–H and O–H groups in total. The molecule has 2 heterocycles. The second kappa shape index (κ2) is 7.81. The molecule has 0 bridgehead atoms. The Bertz CT molecular complexity index is 1100. The van der Waals surface area contributed by atoms with Crippen LogP contribution in [0.5, 0.6) is 0 Å². The Kier molecular flexibility index (Phi) is 5.59. The van der Waals surface area contributed by atoms with Gasteiger partial charge in [-0.15, -0.1) is 0 Å². The number of aromatic nitrogens is 2. The van der Waals surface area contributed by atoms with Gasteiger partial charge in [0.2, 0.25) is 5.72 Å². The Hall–Kier alpha value is -2.96. The molecule has 3 aromatic rings. The van der Waals surface area contributed by atoms with Crippen molar-refractivity contribution in [2.24, 2.45) is 4.99 Å². The van der Waals surface area contributed by atoms with Crippen LogP contribution in [0.25, 0.3) is 5.69 Å². The van der Waals surface area contributed by atoms with Crippen LogP contribution in [0.1, 0.15) is 42.2 Å². The summed E-state index contributed by atoms with van der Waals surface area (Å²) in [5.74, 6) is -0.322. The number of hydrogen-bond donors (Lipinski definition) is 2. The van der Waals surface area contributed by atoms with Gasteiger partial charge in [0.05, 0.1) is 17.1 Å². The molecule has 0 saturated carbocycles. The zero-order valence-corrected chi connectivity index (χ0v) is 17.4. The maximum absolute atomic E-state index is 11.1. The lowest BCUT2D eigenvalue weighted by Gasteiger charge is -2.18. The van der Waals surface area contributed by atoms with E-state index in [4.69, 9.17) is 21.5 Å². The molecule has 0 aliphatic carbocycles. The molecule has 6 nitrogen and oxygen atoms in total. The minimum absolute atomic E-state index is 0.511. The largest absolute Gasteiger partial charge is 0.481 e. The second-order valence-electron chi connectivity index (χ2n) is 6.97. The highest BCUT2D eigenvalue weighted by Crippen LogP contribution is 2.35. The van der Waals surface area contributed by atoms with E-state index in [-0.39, 0.29) is 0 Å². The molecule has 0 saturated heterocycles. The first-order valence-electron chi connectivity index (χ1n) is 9.05. The third-order valence-electron chi connectivity index (χ3n) is 4.60. The van der Waals surface area contributed by atoms with Crippen molar-refractivity contribution in [1.82, 2.24) is 9.55 Å². The van der Waals surface area contributed by atoms with Crippen LogP contribution in [0.3, 0.4) is 0 Å². The van der Waals surface area contributed by atoms with Crippen LogP contribution in [0.15, 0.2) is 53.5 Å². The number of carboxylic acid groups (broad SMARTS) is 1. The van der Waals surface area contributed by atoms with Crippen molar-refractivity contribution in [3.05, 3.63) is 81.9 Å². The van der Waals surface area contributed by atoms with Crippen LogP contribution in [0.4, 0.5) is 0 Å². The number of imidazole rings is 1. The van der Waals surface area contributed by atoms with Crippen molar-refractivity contribution in [1.29, 1.82) is 0 Å². The number of aryl methyl sites for hydroxylation is 1. The van der Waals surface area contributed by atoms with Gasteiger partial charge in [-0.1, -0.05) is 41.9 Å². The smallest absolute Gasteiger partial charge is 0.300 e. The predicted octanol–water partition coefficient (Wildman–Crippen LogP) is 4.25. The highest BCUT2D eigenvalue weighted by molar-refractivity contribution is 6.31. The fourth-order valence-corrected chi connectivity index (χ4v) is 3.43. The lowest BCUT2D eigenvalue weighted by atomic mass is 10.0. The van der Waals surface area contributed by atoms with Crippen molar-refractivity contribution < 1.29 is 15.0 Å². The lowest BCUT2D eigenvalue weighted by Crippen LogP contribution is -2.23. The van der Waals surface area contributed by atoms with Crippen molar-refractivity contribution in [2.75, 3.05) is 0 Å². The first kappa shape index (κ1) is 20.8. The Balaban J connectivity index is 0.000000552. The molecule has 150 valence electrons. The van der Waals surface area contributed by atoms with E-state index in [2.05, 4.69) is 9.98 Å². The number of fused-ring (bicyclic) bond motifs is 3. The number of hydrogen-bond acceptors (Lipinski definition) is 4. The van der Waals surface area contributed by atoms with Gasteiger partial charge in [0.15, 0.2) is 5.82 Å². The van der Waals surface area contributed by atoms with Gasteiger partial charge in [-0.2, -0.15) is 0 Å². The standard InChI is InChI=1S/C20H18ClN3O.C2H4O2/c1-12-13(2)24-17-10-9-15(21)11-16(17)18(14-7-5-4-6-8-14)23-20(3,25)19(24)22-12;1-2(3)4/h4-11,25H,1-3H3;1H3,(H,3,4). The van der Waals surface area contributed by atoms with E-state index in [0.717, 1.165) is 35.1 Å². The van der Waals surface area contributed by atoms with Crippen molar-refractivity contribution in [3.63, 3.8) is 0 Å². The highest BCUT2D eigenvalue weighted by Gasteiger charge is 2.35. The van der Waals surface area contributed by atoms with E-state index < -0.39 is 11.7 Å². The minimum Gasteiger partial charge on any atom is -0.481 e. The fraction of sp³-hybridized carbons (Fsp3) is 0.227. The number of carbonyl (C=O) groups is 1. The summed E-state index contributed by atoms with van der Waals surface area (Å²) < 4.78 is 1.97. The second-order valence-corrected chi connectivity index (χ2v) is 7.41. The number of aliphatic imine (C=N–C) groups is 1. The molecule has 0 spiro atoms. The van der Waals surface area contributed by atoms with Crippen molar-refractivity contribution in [2.45, 2.75) is 33.4 Å². The van der Waals surface area contributed by atoms with Crippen LogP contribution in [0.2, 0.25) is 5.02 Å². The highest BCUT2D eigenvalue weighted by atomic mass is 35.5.